The number of nitrogens with one attached hydrogen (secondary N) is 1. The molecule has 3 rings (SSSR count). The molecule has 0 radical (unpaired) electrons. The summed E-state index contributed by atoms with van der Waals surface area (Å²) in [4.78, 5) is 12.0. The van der Waals surface area contributed by atoms with Crippen LogP contribution in [0.25, 0.3) is 16.5 Å². The molecule has 0 saturated heterocycles. The van der Waals surface area contributed by atoms with Crippen LogP contribution >= 0.6 is 0 Å². The lowest BCUT2D eigenvalue weighted by molar-refractivity contribution is -0.116. The fourth-order valence-electron chi connectivity index (χ4n) is 3.37. The number of ether oxygens (including phenoxy) is 2. The van der Waals surface area contributed by atoms with E-state index < -0.39 is 0 Å². The maximum Gasteiger partial charge on any atom is 0.244 e. The van der Waals surface area contributed by atoms with E-state index in [1.807, 2.05) is 13.0 Å². The number of fused-ring (bicyclic) bond motifs is 3. The average molecular weight is 343 g/mol. The number of furan rings is 1. The van der Waals surface area contributed by atoms with E-state index in [1.54, 1.807) is 20.3 Å². The number of amides is 1. The molecule has 0 spiro atoms. The molecule has 134 valence electrons. The Hall–Kier alpha value is -2.27. The quantitative estimate of drug-likeness (QED) is 0.644. The largest absolute Gasteiger partial charge is 0.496 e. The molecule has 1 aromatic heterocycles. The zero-order valence-corrected chi connectivity index (χ0v) is 15.1. The zero-order chi connectivity index (χ0) is 17.8. The maximum atomic E-state index is 12.0. The average Bonchev–Trinajstić information content (AvgIpc) is 2.98. The van der Waals surface area contributed by atoms with Gasteiger partial charge in [0.25, 0.3) is 0 Å². The Morgan fingerprint density at radius 3 is 2.84 bits per heavy atom. The summed E-state index contributed by atoms with van der Waals surface area (Å²) < 4.78 is 16.5. The molecular formula is C20H25NO4. The smallest absolute Gasteiger partial charge is 0.244 e. The lowest BCUT2D eigenvalue weighted by atomic mass is 9.94. The molecule has 5 nitrogen and oxygen atoms in total. The molecule has 1 N–H and O–H groups in total. The highest BCUT2D eigenvalue weighted by Gasteiger charge is 2.20. The number of hydrogen-bond donors (Lipinski definition) is 1. The third-order valence-corrected chi connectivity index (χ3v) is 4.66. The Labute approximate surface area is 148 Å². The number of allylic oxidation sites excluding steroid dienone is 1. The molecule has 0 bridgehead atoms. The van der Waals surface area contributed by atoms with Gasteiger partial charge in [-0.3, -0.25) is 4.79 Å². The second kappa shape index (κ2) is 7.74. The lowest BCUT2D eigenvalue weighted by Crippen LogP contribution is -2.25. The van der Waals surface area contributed by atoms with E-state index in [0.29, 0.717) is 13.2 Å². The number of benzene rings is 1. The third kappa shape index (κ3) is 3.71. The van der Waals surface area contributed by atoms with E-state index in [9.17, 15) is 4.79 Å². The van der Waals surface area contributed by atoms with Crippen molar-refractivity contribution in [2.24, 2.45) is 0 Å². The zero-order valence-electron chi connectivity index (χ0n) is 15.1. The number of rotatable bonds is 6. The molecule has 1 heterocycles. The molecule has 1 amide bonds. The van der Waals surface area contributed by atoms with Gasteiger partial charge in [-0.15, -0.1) is 0 Å². The Morgan fingerprint density at radius 2 is 2.08 bits per heavy atom. The summed E-state index contributed by atoms with van der Waals surface area (Å²) in [5, 5.41) is 3.94. The van der Waals surface area contributed by atoms with E-state index in [-0.39, 0.29) is 5.91 Å². The van der Waals surface area contributed by atoms with Gasteiger partial charge in [0.15, 0.2) is 0 Å². The summed E-state index contributed by atoms with van der Waals surface area (Å²) in [6.07, 6.45) is 6.02. The summed E-state index contributed by atoms with van der Waals surface area (Å²) in [6, 6.07) is 4.03. The van der Waals surface area contributed by atoms with E-state index in [4.69, 9.17) is 13.9 Å². The first kappa shape index (κ1) is 17.5. The molecule has 25 heavy (non-hydrogen) atoms. The van der Waals surface area contributed by atoms with Crippen LogP contribution < -0.4 is 10.1 Å². The first-order valence-electron chi connectivity index (χ1n) is 8.71. The van der Waals surface area contributed by atoms with Crippen molar-refractivity contribution in [2.45, 2.75) is 32.6 Å². The van der Waals surface area contributed by atoms with Gasteiger partial charge in [0.2, 0.25) is 5.91 Å². The van der Waals surface area contributed by atoms with Gasteiger partial charge >= 0.3 is 0 Å². The topological polar surface area (TPSA) is 60.7 Å². The molecule has 0 unspecified atom stereocenters. The second-order valence-electron chi connectivity index (χ2n) is 6.37. The van der Waals surface area contributed by atoms with Gasteiger partial charge in [0.1, 0.15) is 17.1 Å². The lowest BCUT2D eigenvalue weighted by Gasteiger charge is -2.11. The van der Waals surface area contributed by atoms with Gasteiger partial charge in [-0.2, -0.15) is 0 Å². The third-order valence-electron chi connectivity index (χ3n) is 4.66. The first-order chi connectivity index (χ1) is 12.1. The maximum absolute atomic E-state index is 12.0. The standard InChI is InChI=1S/C20H25NO4/c1-13(10-20(22)21-8-9-23-2)15-11-16-14-6-4-5-7-17(14)25-19(16)12-18(15)24-3/h10-12H,4-9H2,1-3H3,(H,21,22)/b13-10+. The SMILES string of the molecule is COCCNC(=O)/C=C(\C)c1cc2c3c(oc2cc1OC)CCCC3. The molecule has 0 saturated carbocycles. The number of carbonyl (C=O) groups is 1. The fourth-order valence-corrected chi connectivity index (χ4v) is 3.37. The van der Waals surface area contributed by atoms with E-state index >= 15 is 0 Å². The fraction of sp³-hybridized carbons (Fsp3) is 0.450. The van der Waals surface area contributed by atoms with Crippen LogP contribution in [0.15, 0.2) is 22.6 Å². The predicted molar refractivity (Wildman–Crippen MR) is 97.9 cm³/mol. The Balaban J connectivity index is 1.95. The minimum absolute atomic E-state index is 0.133. The van der Waals surface area contributed by atoms with Crippen molar-refractivity contribution in [3.8, 4) is 5.75 Å². The van der Waals surface area contributed by atoms with Crippen LogP contribution in [0.2, 0.25) is 0 Å². The van der Waals surface area contributed by atoms with Gasteiger partial charge in [-0.05, 0) is 37.8 Å². The van der Waals surface area contributed by atoms with Crippen molar-refractivity contribution in [3.63, 3.8) is 0 Å². The van der Waals surface area contributed by atoms with Gasteiger partial charge in [0.05, 0.1) is 13.7 Å². The molecule has 5 heteroatoms. The summed E-state index contributed by atoms with van der Waals surface area (Å²) in [6.45, 7) is 2.91. The number of carbonyl (C=O) groups excluding carboxylic acids is 1. The van der Waals surface area contributed by atoms with Crippen molar-refractivity contribution in [3.05, 3.63) is 35.1 Å². The molecule has 2 aromatic rings. The van der Waals surface area contributed by atoms with Crippen molar-refractivity contribution in [2.75, 3.05) is 27.4 Å². The Kier molecular flexibility index (Phi) is 5.43. The summed E-state index contributed by atoms with van der Waals surface area (Å²) in [5.41, 5.74) is 3.96. The van der Waals surface area contributed by atoms with Crippen molar-refractivity contribution < 1.29 is 18.7 Å². The molecular weight excluding hydrogens is 318 g/mol. The molecule has 0 atom stereocenters. The first-order valence-corrected chi connectivity index (χ1v) is 8.71. The molecule has 0 fully saturated rings. The van der Waals surface area contributed by atoms with Crippen molar-refractivity contribution >= 4 is 22.4 Å². The number of hydrogen-bond acceptors (Lipinski definition) is 4. The number of aryl methyl sites for hydroxylation is 2. The van der Waals surface area contributed by atoms with E-state index in [1.165, 1.54) is 18.4 Å². The van der Waals surface area contributed by atoms with Crippen LogP contribution in [0.3, 0.4) is 0 Å². The highest BCUT2D eigenvalue weighted by molar-refractivity contribution is 5.97. The van der Waals surface area contributed by atoms with E-state index in [0.717, 1.165) is 46.5 Å². The minimum Gasteiger partial charge on any atom is -0.496 e. The van der Waals surface area contributed by atoms with Crippen LogP contribution in [0.4, 0.5) is 0 Å². The molecule has 1 aliphatic rings. The van der Waals surface area contributed by atoms with Crippen molar-refractivity contribution in [1.82, 2.24) is 5.32 Å². The van der Waals surface area contributed by atoms with E-state index in [2.05, 4.69) is 11.4 Å². The van der Waals surface area contributed by atoms with Gasteiger partial charge < -0.3 is 19.2 Å². The normalized spacial score (nSPS) is 14.4. The summed E-state index contributed by atoms with van der Waals surface area (Å²) in [7, 11) is 3.25. The monoisotopic (exact) mass is 343 g/mol. The van der Waals surface area contributed by atoms with Gasteiger partial charge in [-0.1, -0.05) is 0 Å². The highest BCUT2D eigenvalue weighted by atomic mass is 16.5. The van der Waals surface area contributed by atoms with Crippen LogP contribution in [0.1, 0.15) is 36.7 Å². The molecule has 1 aliphatic carbocycles. The minimum atomic E-state index is -0.133. The van der Waals surface area contributed by atoms with Crippen LogP contribution in [-0.2, 0) is 22.4 Å². The second-order valence-corrected chi connectivity index (χ2v) is 6.37. The Morgan fingerprint density at radius 1 is 1.28 bits per heavy atom. The van der Waals surface area contributed by atoms with Gasteiger partial charge in [0, 0.05) is 48.7 Å². The summed E-state index contributed by atoms with van der Waals surface area (Å²) >= 11 is 0. The van der Waals surface area contributed by atoms with Crippen LogP contribution in [0, 0.1) is 0 Å². The highest BCUT2D eigenvalue weighted by Crippen LogP contribution is 2.37. The Bertz CT molecular complexity index is 804. The summed E-state index contributed by atoms with van der Waals surface area (Å²) in [5.74, 6) is 1.68. The number of methoxy groups -OCH3 is 2. The van der Waals surface area contributed by atoms with Crippen LogP contribution in [0.5, 0.6) is 5.75 Å². The predicted octanol–water partition coefficient (Wildman–Crippen LogP) is 3.49. The molecule has 0 aliphatic heterocycles. The van der Waals surface area contributed by atoms with Crippen molar-refractivity contribution in [1.29, 1.82) is 0 Å². The van der Waals surface area contributed by atoms with Crippen LogP contribution in [-0.4, -0.2) is 33.3 Å². The molecule has 1 aromatic carbocycles. The van der Waals surface area contributed by atoms with Gasteiger partial charge in [-0.25, -0.2) is 0 Å².